The fourth-order valence-corrected chi connectivity index (χ4v) is 1.67. The van der Waals surface area contributed by atoms with Crippen LogP contribution < -0.4 is 5.73 Å². The predicted molar refractivity (Wildman–Crippen MR) is 62.6 cm³/mol. The summed E-state index contributed by atoms with van der Waals surface area (Å²) in [7, 11) is 0. The lowest BCUT2D eigenvalue weighted by molar-refractivity contribution is 0.561. The number of aromatic nitrogens is 1. The van der Waals surface area contributed by atoms with Gasteiger partial charge < -0.3 is 5.73 Å². The number of anilines is 1. The molecule has 0 aliphatic carbocycles. The van der Waals surface area contributed by atoms with E-state index in [1.54, 1.807) is 12.3 Å². The van der Waals surface area contributed by atoms with Gasteiger partial charge in [-0.25, -0.2) is 13.8 Å². The number of pyridine rings is 1. The third-order valence-electron chi connectivity index (χ3n) is 2.57. The Hall–Kier alpha value is -1.97. The van der Waals surface area contributed by atoms with Crippen molar-refractivity contribution in [1.82, 2.24) is 4.98 Å². The zero-order valence-electron chi connectivity index (χ0n) is 9.37. The van der Waals surface area contributed by atoms with Crippen molar-refractivity contribution >= 4 is 5.82 Å². The lowest BCUT2D eigenvalue weighted by Gasteiger charge is -2.08. The summed E-state index contributed by atoms with van der Waals surface area (Å²) in [5, 5.41) is 0. The number of aryl methyl sites for hydroxylation is 1. The monoisotopic (exact) mass is 234 g/mol. The van der Waals surface area contributed by atoms with Crippen LogP contribution in [0.25, 0.3) is 0 Å². The Morgan fingerprint density at radius 1 is 1.24 bits per heavy atom. The van der Waals surface area contributed by atoms with Gasteiger partial charge in [-0.3, -0.25) is 0 Å². The Morgan fingerprint density at radius 3 is 2.53 bits per heavy atom. The lowest BCUT2D eigenvalue weighted by atomic mass is 10.0. The molecular formula is C13H12F2N2. The van der Waals surface area contributed by atoms with Crippen molar-refractivity contribution < 1.29 is 8.78 Å². The Kier molecular flexibility index (Phi) is 3.04. The van der Waals surface area contributed by atoms with Crippen molar-refractivity contribution in [1.29, 1.82) is 0 Å². The maximum absolute atomic E-state index is 13.5. The zero-order chi connectivity index (χ0) is 12.4. The van der Waals surface area contributed by atoms with E-state index in [0.29, 0.717) is 11.4 Å². The molecule has 0 radical (unpaired) electrons. The van der Waals surface area contributed by atoms with Crippen LogP contribution in [0.5, 0.6) is 0 Å². The van der Waals surface area contributed by atoms with E-state index in [0.717, 1.165) is 5.56 Å². The quantitative estimate of drug-likeness (QED) is 0.867. The molecule has 0 aliphatic heterocycles. The van der Waals surface area contributed by atoms with Crippen LogP contribution in [0.3, 0.4) is 0 Å². The highest BCUT2D eigenvalue weighted by atomic mass is 19.1. The van der Waals surface area contributed by atoms with E-state index in [-0.39, 0.29) is 12.0 Å². The van der Waals surface area contributed by atoms with Gasteiger partial charge in [0.25, 0.3) is 0 Å². The van der Waals surface area contributed by atoms with Crippen molar-refractivity contribution in [2.45, 2.75) is 13.3 Å². The summed E-state index contributed by atoms with van der Waals surface area (Å²) < 4.78 is 26.9. The molecule has 0 amide bonds. The Labute approximate surface area is 98.1 Å². The molecule has 1 aromatic heterocycles. The van der Waals surface area contributed by atoms with Gasteiger partial charge in [0.2, 0.25) is 0 Å². The number of hydrogen-bond acceptors (Lipinski definition) is 2. The molecule has 0 bridgehead atoms. The molecule has 0 saturated heterocycles. The van der Waals surface area contributed by atoms with Crippen LogP contribution in [0.15, 0.2) is 30.5 Å². The molecule has 88 valence electrons. The second-order valence-corrected chi connectivity index (χ2v) is 3.93. The number of halogens is 2. The molecule has 2 aromatic rings. The third kappa shape index (κ3) is 2.41. The second-order valence-electron chi connectivity index (χ2n) is 3.93. The molecule has 2 N–H and O–H groups in total. The van der Waals surface area contributed by atoms with Gasteiger partial charge in [-0.2, -0.15) is 0 Å². The fourth-order valence-electron chi connectivity index (χ4n) is 1.67. The van der Waals surface area contributed by atoms with E-state index in [1.807, 2.05) is 6.92 Å². The third-order valence-corrected chi connectivity index (χ3v) is 2.57. The first-order valence-corrected chi connectivity index (χ1v) is 5.22. The average Bonchev–Trinajstić information content (AvgIpc) is 2.28. The van der Waals surface area contributed by atoms with Gasteiger partial charge in [0.1, 0.15) is 17.5 Å². The van der Waals surface area contributed by atoms with Crippen molar-refractivity contribution in [2.24, 2.45) is 0 Å². The summed E-state index contributed by atoms with van der Waals surface area (Å²) >= 11 is 0. The molecule has 4 heteroatoms. The molecule has 2 nitrogen and oxygen atoms in total. The molecule has 0 spiro atoms. The smallest absolute Gasteiger partial charge is 0.129 e. The number of benzene rings is 1. The Morgan fingerprint density at radius 2 is 1.88 bits per heavy atom. The summed E-state index contributed by atoms with van der Waals surface area (Å²) in [4.78, 5) is 3.97. The van der Waals surface area contributed by atoms with E-state index in [1.165, 1.54) is 18.2 Å². The molecule has 0 fully saturated rings. The van der Waals surface area contributed by atoms with Gasteiger partial charge in [-0.1, -0.05) is 12.1 Å². The van der Waals surface area contributed by atoms with E-state index in [4.69, 9.17) is 5.73 Å². The van der Waals surface area contributed by atoms with Crippen LogP contribution >= 0.6 is 0 Å². The average molecular weight is 234 g/mol. The lowest BCUT2D eigenvalue weighted by Crippen LogP contribution is -2.02. The largest absolute Gasteiger partial charge is 0.383 e. The maximum Gasteiger partial charge on any atom is 0.129 e. The van der Waals surface area contributed by atoms with Crippen LogP contribution in [0, 0.1) is 18.6 Å². The minimum absolute atomic E-state index is 0.0200. The molecule has 17 heavy (non-hydrogen) atoms. The first kappa shape index (κ1) is 11.5. The summed E-state index contributed by atoms with van der Waals surface area (Å²) in [6, 6.07) is 5.59. The Bertz CT molecular complexity index is 533. The van der Waals surface area contributed by atoms with Gasteiger partial charge >= 0.3 is 0 Å². The minimum Gasteiger partial charge on any atom is -0.383 e. The van der Waals surface area contributed by atoms with E-state index in [9.17, 15) is 8.78 Å². The molecule has 0 atom stereocenters. The molecule has 2 rings (SSSR count). The molecular weight excluding hydrogens is 222 g/mol. The number of nitrogens with two attached hydrogens (primary N) is 1. The van der Waals surface area contributed by atoms with Crippen molar-refractivity contribution in [3.63, 3.8) is 0 Å². The number of nitrogen functional groups attached to an aromatic ring is 1. The first-order chi connectivity index (χ1) is 8.08. The van der Waals surface area contributed by atoms with E-state index >= 15 is 0 Å². The van der Waals surface area contributed by atoms with Gasteiger partial charge in [-0.05, 0) is 30.2 Å². The van der Waals surface area contributed by atoms with E-state index in [2.05, 4.69) is 4.98 Å². The van der Waals surface area contributed by atoms with Crippen LogP contribution in [0.2, 0.25) is 0 Å². The number of hydrogen-bond donors (Lipinski definition) is 1. The summed E-state index contributed by atoms with van der Waals surface area (Å²) in [5.74, 6) is -0.824. The van der Waals surface area contributed by atoms with Crippen LogP contribution in [-0.2, 0) is 6.42 Å². The highest BCUT2D eigenvalue weighted by Crippen LogP contribution is 2.20. The fraction of sp³-hybridized carbons (Fsp3) is 0.154. The predicted octanol–water partition coefficient (Wildman–Crippen LogP) is 2.84. The normalized spacial score (nSPS) is 10.5. The van der Waals surface area contributed by atoms with Gasteiger partial charge in [-0.15, -0.1) is 0 Å². The number of rotatable bonds is 2. The van der Waals surface area contributed by atoms with Crippen LogP contribution in [0.4, 0.5) is 14.6 Å². The maximum atomic E-state index is 13.5. The summed E-state index contributed by atoms with van der Waals surface area (Å²) in [6.45, 7) is 1.85. The number of nitrogens with zero attached hydrogens (tertiary/aromatic N) is 1. The zero-order valence-corrected chi connectivity index (χ0v) is 9.37. The van der Waals surface area contributed by atoms with Crippen molar-refractivity contribution in [3.8, 4) is 0 Å². The van der Waals surface area contributed by atoms with Gasteiger partial charge in [0, 0.05) is 18.2 Å². The standard InChI is InChI=1S/C13H12F2N2/c1-8-5-9(13(16)17-7-8)6-10-11(14)3-2-4-12(10)15/h2-5,7H,6H2,1H3,(H2,16,17). The summed E-state index contributed by atoms with van der Waals surface area (Å²) in [6.07, 6.45) is 1.73. The molecule has 1 aromatic carbocycles. The first-order valence-electron chi connectivity index (χ1n) is 5.22. The van der Waals surface area contributed by atoms with E-state index < -0.39 is 11.6 Å². The van der Waals surface area contributed by atoms with Gasteiger partial charge in [0.15, 0.2) is 0 Å². The SMILES string of the molecule is Cc1cnc(N)c(Cc2c(F)cccc2F)c1. The van der Waals surface area contributed by atoms with Crippen LogP contribution in [0.1, 0.15) is 16.7 Å². The van der Waals surface area contributed by atoms with Gasteiger partial charge in [0.05, 0.1) is 0 Å². The van der Waals surface area contributed by atoms with Crippen molar-refractivity contribution in [3.05, 3.63) is 58.8 Å². The van der Waals surface area contributed by atoms with Crippen LogP contribution in [-0.4, -0.2) is 4.98 Å². The molecule has 0 aliphatic rings. The summed E-state index contributed by atoms with van der Waals surface area (Å²) in [5.41, 5.74) is 7.24. The topological polar surface area (TPSA) is 38.9 Å². The highest BCUT2D eigenvalue weighted by molar-refractivity contribution is 5.44. The van der Waals surface area contributed by atoms with Crippen molar-refractivity contribution in [2.75, 3.05) is 5.73 Å². The molecule has 1 heterocycles. The minimum atomic E-state index is -0.564. The molecule has 0 saturated carbocycles. The molecule has 0 unspecified atom stereocenters. The second kappa shape index (κ2) is 4.49. The highest BCUT2D eigenvalue weighted by Gasteiger charge is 2.11. The Balaban J connectivity index is 2.41.